The number of hydrogen-bond donors (Lipinski definition) is 2. The van der Waals surface area contributed by atoms with Crippen molar-refractivity contribution in [3.05, 3.63) is 77.6 Å². The Morgan fingerprint density at radius 3 is 2.70 bits per heavy atom. The van der Waals surface area contributed by atoms with Crippen LogP contribution in [-0.4, -0.2) is 54.8 Å². The number of benzene rings is 1. The lowest BCUT2D eigenvalue weighted by molar-refractivity contribution is 0.0115. The average molecular weight is 555 g/mol. The van der Waals surface area contributed by atoms with Gasteiger partial charge in [0.05, 0.1) is 33.2 Å². The van der Waals surface area contributed by atoms with E-state index in [1.165, 1.54) is 11.3 Å². The first-order chi connectivity index (χ1) is 19.3. The number of carbonyl (C=O) groups excluding carboxylic acids is 1. The number of likely N-dealkylation sites (tertiary alicyclic amines) is 1. The van der Waals surface area contributed by atoms with Gasteiger partial charge in [-0.05, 0) is 60.5 Å². The first-order valence-electron chi connectivity index (χ1n) is 12.9. The molecule has 2 N–H and O–H groups in total. The summed E-state index contributed by atoms with van der Waals surface area (Å²) in [6, 6.07) is 15.8. The number of carbonyl (C=O) groups is 1. The highest BCUT2D eigenvalue weighted by Gasteiger charge is 2.37. The fourth-order valence-corrected chi connectivity index (χ4v) is 6.28. The second-order valence-corrected chi connectivity index (χ2v) is 11.3. The molecule has 10 heteroatoms. The van der Waals surface area contributed by atoms with E-state index in [0.717, 1.165) is 60.5 Å². The molecule has 5 aromatic heterocycles. The molecule has 1 fully saturated rings. The van der Waals surface area contributed by atoms with Crippen LogP contribution < -0.4 is 0 Å². The number of nitrogens with zero attached hydrogens (tertiary/aromatic N) is 4. The van der Waals surface area contributed by atoms with E-state index in [9.17, 15) is 13.6 Å². The summed E-state index contributed by atoms with van der Waals surface area (Å²) >= 11 is 1.43. The topological polar surface area (TPSA) is 90.6 Å². The molecule has 1 saturated heterocycles. The molecule has 7 rings (SSSR count). The van der Waals surface area contributed by atoms with Crippen molar-refractivity contribution < 1.29 is 13.6 Å². The maximum Gasteiger partial charge on any atom is 0.261 e. The fraction of sp³-hybridized carbons (Fsp3) is 0.200. The molecule has 0 spiro atoms. The monoisotopic (exact) mass is 554 g/mol. The number of pyridine rings is 2. The van der Waals surface area contributed by atoms with Crippen molar-refractivity contribution in [3.63, 3.8) is 0 Å². The molecule has 200 valence electrons. The molecular weight excluding hydrogens is 530 g/mol. The van der Waals surface area contributed by atoms with Crippen LogP contribution in [0.25, 0.3) is 54.9 Å². The molecule has 6 aromatic rings. The predicted octanol–water partition coefficient (Wildman–Crippen LogP) is 6.94. The van der Waals surface area contributed by atoms with Crippen LogP contribution in [0.3, 0.4) is 0 Å². The number of halogens is 2. The summed E-state index contributed by atoms with van der Waals surface area (Å²) in [6.45, 7) is 2.18. The lowest BCUT2D eigenvalue weighted by Crippen LogP contribution is -2.24. The molecule has 1 aromatic carbocycles. The number of aromatic nitrogens is 5. The Bertz CT molecular complexity index is 1900. The zero-order chi connectivity index (χ0) is 27.4. The van der Waals surface area contributed by atoms with Crippen molar-refractivity contribution >= 4 is 38.9 Å². The molecule has 0 unspecified atom stereocenters. The zero-order valence-corrected chi connectivity index (χ0v) is 22.4. The molecule has 7 nitrogen and oxygen atoms in total. The standard InChI is InChI=1S/C30H24F2N6OS/c1-17(39)26-4-5-27(40-26)29-22-12-25(35-23(22)6-8-34-29)28-21-11-19(2-3-24(21)36-37-28)20-10-18(13-33-14-20)15-38-9-7-30(31,32)16-38/h2-6,8,10-14,35H,7,9,15-16H2,1H3,(H,36,37). The van der Waals surface area contributed by atoms with Crippen molar-refractivity contribution in [1.29, 1.82) is 0 Å². The maximum atomic E-state index is 13.7. The van der Waals surface area contributed by atoms with E-state index in [2.05, 4.69) is 31.2 Å². The van der Waals surface area contributed by atoms with E-state index in [-0.39, 0.29) is 18.7 Å². The lowest BCUT2D eigenvalue weighted by atomic mass is 10.0. The van der Waals surface area contributed by atoms with Crippen molar-refractivity contribution in [2.75, 3.05) is 13.1 Å². The van der Waals surface area contributed by atoms with Crippen LogP contribution in [0.1, 0.15) is 28.6 Å². The van der Waals surface area contributed by atoms with Gasteiger partial charge in [-0.15, -0.1) is 11.3 Å². The highest BCUT2D eigenvalue weighted by atomic mass is 32.1. The number of rotatable bonds is 6. The minimum atomic E-state index is -2.62. The van der Waals surface area contributed by atoms with Crippen LogP contribution >= 0.6 is 11.3 Å². The van der Waals surface area contributed by atoms with Crippen LogP contribution in [0.4, 0.5) is 8.78 Å². The molecule has 0 bridgehead atoms. The van der Waals surface area contributed by atoms with Gasteiger partial charge < -0.3 is 4.98 Å². The van der Waals surface area contributed by atoms with Crippen molar-refractivity contribution in [1.82, 2.24) is 30.0 Å². The SMILES string of the molecule is CC(=O)c1ccc(-c2nccc3[nH]c(-c4n[nH]c5ccc(-c6cncc(CN7CCC(F)(F)C7)c6)cc45)cc23)s1. The van der Waals surface area contributed by atoms with Gasteiger partial charge in [-0.3, -0.25) is 24.8 Å². The largest absolute Gasteiger partial charge is 0.353 e. The lowest BCUT2D eigenvalue weighted by Gasteiger charge is -2.15. The first kappa shape index (κ1) is 24.7. The van der Waals surface area contributed by atoms with Gasteiger partial charge in [0, 0.05) is 60.0 Å². The smallest absolute Gasteiger partial charge is 0.261 e. The molecule has 0 amide bonds. The molecule has 0 radical (unpaired) electrons. The van der Waals surface area contributed by atoms with Gasteiger partial charge in [0.25, 0.3) is 5.92 Å². The maximum absolute atomic E-state index is 13.7. The number of Topliss-reactive ketones (excluding diaryl/α,β-unsaturated/α-hetero) is 1. The van der Waals surface area contributed by atoms with Crippen LogP contribution in [-0.2, 0) is 6.54 Å². The van der Waals surface area contributed by atoms with E-state index in [1.54, 1.807) is 30.4 Å². The van der Waals surface area contributed by atoms with E-state index in [4.69, 9.17) is 0 Å². The molecule has 0 aliphatic carbocycles. The van der Waals surface area contributed by atoms with Gasteiger partial charge in [0.1, 0.15) is 5.69 Å². The average Bonchev–Trinajstić information content (AvgIpc) is 3.73. The minimum Gasteiger partial charge on any atom is -0.353 e. The number of H-pyrrole nitrogens is 2. The van der Waals surface area contributed by atoms with Crippen LogP contribution in [0, 0.1) is 0 Å². The number of hydrogen-bond acceptors (Lipinski definition) is 6. The van der Waals surface area contributed by atoms with E-state index < -0.39 is 5.92 Å². The summed E-state index contributed by atoms with van der Waals surface area (Å²) in [7, 11) is 0. The Hall–Kier alpha value is -4.28. The molecule has 6 heterocycles. The van der Waals surface area contributed by atoms with Crippen LogP contribution in [0.5, 0.6) is 0 Å². The number of nitrogens with one attached hydrogen (secondary N) is 2. The Morgan fingerprint density at radius 1 is 1.02 bits per heavy atom. The fourth-order valence-electron chi connectivity index (χ4n) is 5.36. The predicted molar refractivity (Wildman–Crippen MR) is 153 cm³/mol. The second-order valence-electron chi connectivity index (χ2n) is 10.3. The summed E-state index contributed by atoms with van der Waals surface area (Å²) in [4.78, 5) is 27.7. The van der Waals surface area contributed by atoms with Gasteiger partial charge in [0.15, 0.2) is 5.78 Å². The van der Waals surface area contributed by atoms with Gasteiger partial charge in [-0.2, -0.15) is 5.10 Å². The number of thiophene rings is 1. The molecule has 40 heavy (non-hydrogen) atoms. The summed E-state index contributed by atoms with van der Waals surface area (Å²) < 4.78 is 27.3. The first-order valence-corrected chi connectivity index (χ1v) is 13.8. The number of fused-ring (bicyclic) bond motifs is 2. The minimum absolute atomic E-state index is 0.0373. The zero-order valence-electron chi connectivity index (χ0n) is 21.5. The Morgan fingerprint density at radius 2 is 1.90 bits per heavy atom. The van der Waals surface area contributed by atoms with Crippen LogP contribution in [0.15, 0.2) is 67.1 Å². The van der Waals surface area contributed by atoms with E-state index in [0.29, 0.717) is 18.0 Å². The van der Waals surface area contributed by atoms with Gasteiger partial charge in [0.2, 0.25) is 0 Å². The third-order valence-corrected chi connectivity index (χ3v) is 8.53. The van der Waals surface area contributed by atoms with Gasteiger partial charge >= 0.3 is 0 Å². The third-order valence-electron chi connectivity index (χ3n) is 7.34. The normalized spacial score (nSPS) is 15.4. The van der Waals surface area contributed by atoms with E-state index in [1.807, 2.05) is 42.5 Å². The van der Waals surface area contributed by atoms with Crippen LogP contribution in [0.2, 0.25) is 0 Å². The number of ketones is 1. The summed E-state index contributed by atoms with van der Waals surface area (Å²) in [5.41, 5.74) is 7.04. The Balaban J connectivity index is 1.24. The molecule has 0 saturated carbocycles. The van der Waals surface area contributed by atoms with Gasteiger partial charge in [-0.1, -0.05) is 6.07 Å². The molecular formula is C30H24F2N6OS. The summed E-state index contributed by atoms with van der Waals surface area (Å²) in [6.07, 6.45) is 5.19. The number of aromatic amines is 2. The molecule has 1 aliphatic heterocycles. The van der Waals surface area contributed by atoms with Crippen molar-refractivity contribution in [2.45, 2.75) is 25.8 Å². The quantitative estimate of drug-likeness (QED) is 0.218. The third kappa shape index (κ3) is 4.48. The summed E-state index contributed by atoms with van der Waals surface area (Å²) in [5, 5.41) is 9.63. The van der Waals surface area contributed by atoms with Crippen molar-refractivity contribution in [3.8, 4) is 33.1 Å². The van der Waals surface area contributed by atoms with Gasteiger partial charge in [-0.25, -0.2) is 8.78 Å². The number of alkyl halides is 2. The Labute approximate surface area is 231 Å². The summed E-state index contributed by atoms with van der Waals surface area (Å²) in [5.74, 6) is -2.58. The highest BCUT2D eigenvalue weighted by Crippen LogP contribution is 2.36. The van der Waals surface area contributed by atoms with E-state index >= 15 is 0 Å². The Kier molecular flexibility index (Phi) is 5.83. The highest BCUT2D eigenvalue weighted by molar-refractivity contribution is 7.17. The second kappa shape index (κ2) is 9.42. The molecule has 0 atom stereocenters. The van der Waals surface area contributed by atoms with Crippen molar-refractivity contribution in [2.24, 2.45) is 0 Å². The molecule has 1 aliphatic rings.